The Hall–Kier alpha value is -3.02. The fourth-order valence-electron chi connectivity index (χ4n) is 2.62. The van der Waals surface area contributed by atoms with Gasteiger partial charge in [0.1, 0.15) is 5.03 Å². The Morgan fingerprint density at radius 2 is 1.70 bits per heavy atom. The van der Waals surface area contributed by atoms with E-state index in [1.54, 1.807) is 6.07 Å². The molecule has 3 heterocycles. The van der Waals surface area contributed by atoms with Crippen molar-refractivity contribution < 1.29 is 13.2 Å². The van der Waals surface area contributed by atoms with Crippen LogP contribution in [-0.2, 0) is 6.18 Å². The van der Waals surface area contributed by atoms with E-state index in [-0.39, 0.29) is 10.7 Å². The summed E-state index contributed by atoms with van der Waals surface area (Å²) in [5.41, 5.74) is 2.74. The summed E-state index contributed by atoms with van der Waals surface area (Å²) in [6, 6.07) is 8.72. The summed E-state index contributed by atoms with van der Waals surface area (Å²) in [6.07, 6.45) is -4.66. The average molecular weight is 392 g/mol. The van der Waals surface area contributed by atoms with E-state index in [9.17, 15) is 13.2 Å². The maximum absolute atomic E-state index is 13.0. The molecule has 0 atom stereocenters. The fourth-order valence-corrected chi connectivity index (χ4v) is 3.36. The minimum Gasteiger partial charge on any atom is -0.188 e. The van der Waals surface area contributed by atoms with Gasteiger partial charge in [-0.3, -0.25) is 0 Å². The zero-order valence-corrected chi connectivity index (χ0v) is 14.8. The van der Waals surface area contributed by atoms with E-state index in [1.165, 1.54) is 10.7 Å². The van der Waals surface area contributed by atoms with Crippen LogP contribution in [0.2, 0.25) is 0 Å². The third-order valence-corrected chi connectivity index (χ3v) is 4.64. The van der Waals surface area contributed by atoms with Gasteiger partial charge in [0.05, 0.1) is 5.69 Å². The van der Waals surface area contributed by atoms with Crippen LogP contribution in [0.1, 0.15) is 17.0 Å². The maximum Gasteiger partial charge on any atom is 0.453 e. The predicted molar refractivity (Wildman–Crippen MR) is 88.5 cm³/mol. The number of tetrazole rings is 1. The predicted octanol–water partition coefficient (Wildman–Crippen LogP) is 2.89. The number of halogens is 3. The molecule has 4 rings (SSSR count). The molecule has 0 radical (unpaired) electrons. The molecule has 0 aliphatic heterocycles. The van der Waals surface area contributed by atoms with Crippen molar-refractivity contribution in [1.82, 2.24) is 40.0 Å². The normalized spacial score (nSPS) is 12.0. The highest BCUT2D eigenvalue weighted by atomic mass is 32.2. The Kier molecular flexibility index (Phi) is 4.06. The third-order valence-electron chi connectivity index (χ3n) is 3.78. The van der Waals surface area contributed by atoms with E-state index >= 15 is 0 Å². The lowest BCUT2D eigenvalue weighted by Crippen LogP contribution is -2.12. The van der Waals surface area contributed by atoms with Crippen LogP contribution in [0.25, 0.3) is 11.3 Å². The summed E-state index contributed by atoms with van der Waals surface area (Å²) in [7, 11) is 0. The number of rotatable bonds is 3. The topological polar surface area (TPSA) is 86.7 Å². The first-order valence-electron chi connectivity index (χ1n) is 7.67. The molecule has 0 unspecified atom stereocenters. The number of para-hydroxylation sites is 1. The smallest absolute Gasteiger partial charge is 0.188 e. The van der Waals surface area contributed by atoms with Gasteiger partial charge in [-0.05, 0) is 59.3 Å². The molecule has 3 aromatic heterocycles. The molecule has 0 saturated carbocycles. The summed E-state index contributed by atoms with van der Waals surface area (Å²) in [6.45, 7) is 3.85. The number of benzene rings is 1. The molecule has 27 heavy (non-hydrogen) atoms. The molecule has 8 nitrogen and oxygen atoms in total. The number of aryl methyl sites for hydroxylation is 2. The first kappa shape index (κ1) is 17.4. The van der Waals surface area contributed by atoms with Crippen LogP contribution in [0.5, 0.6) is 0 Å². The third kappa shape index (κ3) is 3.12. The lowest BCUT2D eigenvalue weighted by Gasteiger charge is -2.10. The molecule has 12 heteroatoms. The van der Waals surface area contributed by atoms with Gasteiger partial charge in [-0.15, -0.1) is 15.3 Å². The molecule has 4 aromatic rings. The van der Waals surface area contributed by atoms with Gasteiger partial charge in [0.15, 0.2) is 5.65 Å². The number of hydrogen-bond acceptors (Lipinski definition) is 7. The first-order valence-corrected chi connectivity index (χ1v) is 8.49. The summed E-state index contributed by atoms with van der Waals surface area (Å²) in [4.78, 5) is 0. The Balaban J connectivity index is 1.75. The van der Waals surface area contributed by atoms with Gasteiger partial charge in [0.25, 0.3) is 5.82 Å². The summed E-state index contributed by atoms with van der Waals surface area (Å²) < 4.78 is 41.3. The van der Waals surface area contributed by atoms with E-state index < -0.39 is 12.0 Å². The van der Waals surface area contributed by atoms with Crippen LogP contribution in [0.4, 0.5) is 13.2 Å². The van der Waals surface area contributed by atoms with Crippen molar-refractivity contribution in [3.8, 4) is 5.69 Å². The average Bonchev–Trinajstić information content (AvgIpc) is 3.21. The van der Waals surface area contributed by atoms with Gasteiger partial charge < -0.3 is 0 Å². The molecule has 0 spiro atoms. The van der Waals surface area contributed by atoms with Crippen molar-refractivity contribution in [3.63, 3.8) is 0 Å². The molecule has 0 aliphatic carbocycles. The largest absolute Gasteiger partial charge is 0.453 e. The Labute approximate surface area is 154 Å². The Bertz CT molecular complexity index is 1110. The minimum absolute atomic E-state index is 0.000940. The SMILES string of the molecule is Cc1cccc(C)c1-n1nnnc1Sc1ccc2nnc(C(F)(F)F)n2n1. The van der Waals surface area contributed by atoms with Crippen LogP contribution in [-0.4, -0.2) is 40.0 Å². The molecule has 0 amide bonds. The van der Waals surface area contributed by atoms with E-state index in [0.29, 0.717) is 9.67 Å². The highest BCUT2D eigenvalue weighted by Gasteiger charge is 2.37. The van der Waals surface area contributed by atoms with E-state index in [1.807, 2.05) is 32.0 Å². The summed E-state index contributed by atoms with van der Waals surface area (Å²) >= 11 is 1.04. The summed E-state index contributed by atoms with van der Waals surface area (Å²) in [5.74, 6) is -1.19. The van der Waals surface area contributed by atoms with Crippen molar-refractivity contribution >= 4 is 17.4 Å². The molecular formula is C15H11F3N8S. The number of fused-ring (bicyclic) bond motifs is 1. The van der Waals surface area contributed by atoms with Crippen molar-refractivity contribution in [2.45, 2.75) is 30.2 Å². The highest BCUT2D eigenvalue weighted by molar-refractivity contribution is 7.99. The maximum atomic E-state index is 13.0. The molecule has 0 N–H and O–H groups in total. The molecule has 0 aliphatic rings. The number of nitrogens with zero attached hydrogens (tertiary/aromatic N) is 8. The van der Waals surface area contributed by atoms with Crippen molar-refractivity contribution in [1.29, 1.82) is 0 Å². The molecule has 138 valence electrons. The Morgan fingerprint density at radius 3 is 2.41 bits per heavy atom. The second kappa shape index (κ2) is 6.30. The highest BCUT2D eigenvalue weighted by Crippen LogP contribution is 2.30. The van der Waals surface area contributed by atoms with Gasteiger partial charge in [-0.25, -0.2) is 0 Å². The van der Waals surface area contributed by atoms with E-state index in [0.717, 1.165) is 28.6 Å². The molecule has 1 aromatic carbocycles. The van der Waals surface area contributed by atoms with Crippen molar-refractivity contribution in [2.75, 3.05) is 0 Å². The fraction of sp³-hybridized carbons (Fsp3) is 0.200. The second-order valence-electron chi connectivity index (χ2n) is 5.68. The van der Waals surface area contributed by atoms with Crippen LogP contribution in [0.3, 0.4) is 0 Å². The molecule has 0 saturated heterocycles. The second-order valence-corrected chi connectivity index (χ2v) is 6.67. The van der Waals surface area contributed by atoms with Crippen LogP contribution in [0, 0.1) is 13.8 Å². The molecule has 0 bridgehead atoms. The summed E-state index contributed by atoms with van der Waals surface area (Å²) in [5, 5.41) is 23.0. The number of hydrogen-bond donors (Lipinski definition) is 0. The first-order chi connectivity index (χ1) is 12.8. The van der Waals surface area contributed by atoms with Gasteiger partial charge in [-0.1, -0.05) is 18.2 Å². The van der Waals surface area contributed by atoms with Gasteiger partial charge in [0, 0.05) is 0 Å². The van der Waals surface area contributed by atoms with Gasteiger partial charge in [0.2, 0.25) is 5.16 Å². The van der Waals surface area contributed by atoms with Crippen LogP contribution >= 0.6 is 11.8 Å². The molecular weight excluding hydrogens is 381 g/mol. The van der Waals surface area contributed by atoms with Crippen LogP contribution < -0.4 is 0 Å². The minimum atomic E-state index is -4.66. The number of aromatic nitrogens is 8. The zero-order chi connectivity index (χ0) is 19.2. The quantitative estimate of drug-likeness (QED) is 0.530. The van der Waals surface area contributed by atoms with E-state index in [2.05, 4.69) is 30.8 Å². The van der Waals surface area contributed by atoms with Gasteiger partial charge in [-0.2, -0.15) is 27.5 Å². The lowest BCUT2D eigenvalue weighted by atomic mass is 10.1. The van der Waals surface area contributed by atoms with Gasteiger partial charge >= 0.3 is 6.18 Å². The van der Waals surface area contributed by atoms with Crippen molar-refractivity contribution in [3.05, 3.63) is 47.3 Å². The monoisotopic (exact) mass is 392 g/mol. The van der Waals surface area contributed by atoms with Crippen molar-refractivity contribution in [2.24, 2.45) is 0 Å². The molecule has 0 fully saturated rings. The van der Waals surface area contributed by atoms with Crippen LogP contribution in [0.15, 0.2) is 40.5 Å². The standard InChI is InChI=1S/C15H11F3N8S/c1-8-4-3-5-9(2)12(8)26-14(21-23-24-26)27-11-7-6-10-19-20-13(15(16,17)18)25(10)22-11/h3-7H,1-2H3. The van der Waals surface area contributed by atoms with E-state index in [4.69, 9.17) is 0 Å². The Morgan fingerprint density at radius 1 is 0.963 bits per heavy atom. The number of alkyl halides is 3. The zero-order valence-electron chi connectivity index (χ0n) is 14.0. The lowest BCUT2D eigenvalue weighted by molar-refractivity contribution is -0.146.